The Morgan fingerprint density at radius 3 is 2.50 bits per heavy atom. The molecule has 106 valence electrons. The first kappa shape index (κ1) is 15.4. The van der Waals surface area contributed by atoms with Crippen LogP contribution in [0.1, 0.15) is 17.3 Å². The van der Waals surface area contributed by atoms with Crippen molar-refractivity contribution in [2.24, 2.45) is 0 Å². The fourth-order valence-corrected chi connectivity index (χ4v) is 2.68. The van der Waals surface area contributed by atoms with Crippen LogP contribution in [0.4, 0.5) is 0 Å². The maximum absolute atomic E-state index is 6.23. The van der Waals surface area contributed by atoms with Gasteiger partial charge in [0, 0.05) is 16.8 Å². The Kier molecular flexibility index (Phi) is 5.11. The molecule has 0 bridgehead atoms. The van der Waals surface area contributed by atoms with Gasteiger partial charge in [0.15, 0.2) is 0 Å². The van der Waals surface area contributed by atoms with Crippen LogP contribution >= 0.6 is 34.8 Å². The van der Waals surface area contributed by atoms with Crippen LogP contribution in [0, 0.1) is 0 Å². The zero-order chi connectivity index (χ0) is 14.7. The molecule has 2 rings (SSSR count). The van der Waals surface area contributed by atoms with Crippen LogP contribution in [0.5, 0.6) is 5.75 Å². The van der Waals surface area contributed by atoms with Crippen LogP contribution in [0.25, 0.3) is 0 Å². The quantitative estimate of drug-likeness (QED) is 0.904. The first-order valence-corrected chi connectivity index (χ1v) is 7.02. The first-order valence-electron chi connectivity index (χ1n) is 5.88. The molecular formula is C14H13Cl3N2O. The van der Waals surface area contributed by atoms with E-state index in [2.05, 4.69) is 10.3 Å². The van der Waals surface area contributed by atoms with Crippen molar-refractivity contribution in [3.8, 4) is 5.75 Å². The third-order valence-electron chi connectivity index (χ3n) is 2.90. The number of nitrogens with zero attached hydrogens (tertiary/aromatic N) is 1. The number of nitrogens with one attached hydrogen (secondary N) is 1. The third kappa shape index (κ3) is 3.18. The molecule has 3 nitrogen and oxygen atoms in total. The average Bonchev–Trinajstić information content (AvgIpc) is 2.42. The predicted molar refractivity (Wildman–Crippen MR) is 83.2 cm³/mol. The second-order valence-electron chi connectivity index (χ2n) is 4.13. The van der Waals surface area contributed by atoms with Crippen molar-refractivity contribution in [2.75, 3.05) is 14.2 Å². The highest BCUT2D eigenvalue weighted by Crippen LogP contribution is 2.34. The lowest BCUT2D eigenvalue weighted by Gasteiger charge is -2.20. The Labute approximate surface area is 132 Å². The van der Waals surface area contributed by atoms with E-state index in [-0.39, 0.29) is 6.04 Å². The van der Waals surface area contributed by atoms with E-state index in [4.69, 9.17) is 39.5 Å². The van der Waals surface area contributed by atoms with Crippen LogP contribution in [0.15, 0.2) is 30.5 Å². The zero-order valence-corrected chi connectivity index (χ0v) is 13.2. The van der Waals surface area contributed by atoms with Crippen LogP contribution in [0.2, 0.25) is 15.1 Å². The number of rotatable bonds is 4. The van der Waals surface area contributed by atoms with Crippen molar-refractivity contribution in [1.29, 1.82) is 0 Å². The topological polar surface area (TPSA) is 34.1 Å². The largest absolute Gasteiger partial charge is 0.496 e. The summed E-state index contributed by atoms with van der Waals surface area (Å²) in [7, 11) is 3.42. The molecule has 1 unspecified atom stereocenters. The summed E-state index contributed by atoms with van der Waals surface area (Å²) in [5.41, 5.74) is 1.53. The number of methoxy groups -OCH3 is 1. The maximum Gasteiger partial charge on any atom is 0.124 e. The van der Waals surface area contributed by atoms with Crippen LogP contribution in [0.3, 0.4) is 0 Å². The molecule has 1 atom stereocenters. The molecule has 0 saturated carbocycles. The van der Waals surface area contributed by atoms with Gasteiger partial charge in [0.2, 0.25) is 0 Å². The number of hydrogen-bond acceptors (Lipinski definition) is 3. The van der Waals surface area contributed by atoms with Gasteiger partial charge in [-0.2, -0.15) is 0 Å². The molecular weight excluding hydrogens is 319 g/mol. The van der Waals surface area contributed by atoms with Crippen LogP contribution in [-0.4, -0.2) is 19.1 Å². The number of benzene rings is 1. The van der Waals surface area contributed by atoms with Gasteiger partial charge in [-0.3, -0.25) is 4.98 Å². The Bertz CT molecular complexity index is 619. The van der Waals surface area contributed by atoms with Gasteiger partial charge in [-0.15, -0.1) is 0 Å². The minimum Gasteiger partial charge on any atom is -0.496 e. The van der Waals surface area contributed by atoms with Gasteiger partial charge in [-0.05, 0) is 31.3 Å². The summed E-state index contributed by atoms with van der Waals surface area (Å²) in [5.74, 6) is 0.710. The summed E-state index contributed by atoms with van der Waals surface area (Å²) < 4.78 is 5.37. The normalized spacial score (nSPS) is 12.2. The Balaban J connectivity index is 2.54. The maximum atomic E-state index is 6.23. The van der Waals surface area contributed by atoms with Gasteiger partial charge >= 0.3 is 0 Å². The van der Waals surface area contributed by atoms with E-state index < -0.39 is 0 Å². The number of pyridine rings is 1. The summed E-state index contributed by atoms with van der Waals surface area (Å²) in [5, 5.41) is 4.76. The van der Waals surface area contributed by atoms with Crippen molar-refractivity contribution in [1.82, 2.24) is 10.3 Å². The molecule has 6 heteroatoms. The smallest absolute Gasteiger partial charge is 0.124 e. The Hall–Kier alpha value is -1.000. The lowest BCUT2D eigenvalue weighted by molar-refractivity contribution is 0.405. The predicted octanol–water partition coefficient (Wildman–Crippen LogP) is 4.36. The summed E-state index contributed by atoms with van der Waals surface area (Å²) in [6.45, 7) is 0. The minimum atomic E-state index is -0.242. The standard InChI is InChI=1S/C14H13Cl3N2O/c1-18-13(14-11(17)6-9(16)7-19-14)10-5-8(15)3-4-12(10)20-2/h3-7,13,18H,1-2H3. The van der Waals surface area contributed by atoms with Crippen molar-refractivity contribution in [2.45, 2.75) is 6.04 Å². The van der Waals surface area contributed by atoms with Crippen molar-refractivity contribution >= 4 is 34.8 Å². The van der Waals surface area contributed by atoms with E-state index in [0.717, 1.165) is 5.56 Å². The molecule has 0 fully saturated rings. The molecule has 0 aliphatic carbocycles. The highest BCUT2D eigenvalue weighted by Gasteiger charge is 2.21. The van der Waals surface area contributed by atoms with Crippen LogP contribution in [-0.2, 0) is 0 Å². The first-order chi connectivity index (χ1) is 9.56. The number of halogens is 3. The third-order valence-corrected chi connectivity index (χ3v) is 3.65. The lowest BCUT2D eigenvalue weighted by atomic mass is 10.0. The van der Waals surface area contributed by atoms with Gasteiger partial charge in [0.1, 0.15) is 5.75 Å². The highest BCUT2D eigenvalue weighted by molar-refractivity contribution is 6.34. The molecule has 1 N–H and O–H groups in total. The molecule has 20 heavy (non-hydrogen) atoms. The summed E-state index contributed by atoms with van der Waals surface area (Å²) >= 11 is 18.2. The molecule has 2 aromatic rings. The van der Waals surface area contributed by atoms with Crippen LogP contribution < -0.4 is 10.1 Å². The van der Waals surface area contributed by atoms with Gasteiger partial charge in [0.25, 0.3) is 0 Å². The second kappa shape index (κ2) is 6.64. The van der Waals surface area contributed by atoms with E-state index in [0.29, 0.717) is 26.5 Å². The van der Waals surface area contributed by atoms with E-state index in [1.807, 2.05) is 19.2 Å². The minimum absolute atomic E-state index is 0.242. The number of aromatic nitrogens is 1. The molecule has 0 saturated heterocycles. The molecule has 0 amide bonds. The van der Waals surface area contributed by atoms with Gasteiger partial charge in [0.05, 0.1) is 28.9 Å². The van der Waals surface area contributed by atoms with Gasteiger partial charge in [-0.1, -0.05) is 34.8 Å². The van der Waals surface area contributed by atoms with Gasteiger partial charge in [-0.25, -0.2) is 0 Å². The fourth-order valence-electron chi connectivity index (χ4n) is 2.01. The molecule has 0 aliphatic heterocycles. The number of hydrogen-bond donors (Lipinski definition) is 1. The Morgan fingerprint density at radius 2 is 1.90 bits per heavy atom. The number of ether oxygens (including phenoxy) is 1. The van der Waals surface area contributed by atoms with E-state index in [9.17, 15) is 0 Å². The molecule has 0 spiro atoms. The van der Waals surface area contributed by atoms with Gasteiger partial charge < -0.3 is 10.1 Å². The molecule has 1 heterocycles. The fraction of sp³-hybridized carbons (Fsp3) is 0.214. The molecule has 1 aromatic heterocycles. The van der Waals surface area contributed by atoms with E-state index in [1.165, 1.54) is 0 Å². The SMILES string of the molecule is CNC(c1cc(Cl)ccc1OC)c1ncc(Cl)cc1Cl. The van der Waals surface area contributed by atoms with Crippen molar-refractivity contribution < 1.29 is 4.74 Å². The molecule has 1 aromatic carbocycles. The molecule has 0 aliphatic rings. The van der Waals surface area contributed by atoms with Crippen molar-refractivity contribution in [3.63, 3.8) is 0 Å². The highest BCUT2D eigenvalue weighted by atomic mass is 35.5. The summed E-state index contributed by atoms with van der Waals surface area (Å²) in [4.78, 5) is 4.31. The van der Waals surface area contributed by atoms with E-state index >= 15 is 0 Å². The Morgan fingerprint density at radius 1 is 1.15 bits per heavy atom. The molecule has 0 radical (unpaired) electrons. The zero-order valence-electron chi connectivity index (χ0n) is 11.0. The monoisotopic (exact) mass is 330 g/mol. The lowest BCUT2D eigenvalue weighted by Crippen LogP contribution is -2.20. The summed E-state index contributed by atoms with van der Waals surface area (Å²) in [6, 6.07) is 6.83. The average molecular weight is 332 g/mol. The van der Waals surface area contributed by atoms with E-state index in [1.54, 1.807) is 25.4 Å². The van der Waals surface area contributed by atoms with Crippen molar-refractivity contribution in [3.05, 3.63) is 56.8 Å². The summed E-state index contributed by atoms with van der Waals surface area (Å²) in [6.07, 6.45) is 1.56. The second-order valence-corrected chi connectivity index (χ2v) is 5.41.